The number of halogens is 4. The average Bonchev–Trinajstić information content (AvgIpc) is 2.65. The molecule has 0 unspecified atom stereocenters. The van der Waals surface area contributed by atoms with Gasteiger partial charge in [-0.25, -0.2) is 0 Å². The zero-order chi connectivity index (χ0) is 21.2. The standard InChI is InChI=1S/C21H20Br4O4/c1-3-26-5-7-28-20-16(22)10-14(11-17(20)23)9-15-12-18(24)21(19(25)13-15)29-8-6-27-4-2/h3-4,10-13H,1-2,5-9H2. The summed E-state index contributed by atoms with van der Waals surface area (Å²) in [5, 5.41) is 0. The first-order chi connectivity index (χ1) is 14.0. The summed E-state index contributed by atoms with van der Waals surface area (Å²) in [5.74, 6) is 1.49. The Hall–Kier alpha value is -0.960. The maximum Gasteiger partial charge on any atom is 0.147 e. The van der Waals surface area contributed by atoms with E-state index in [1.54, 1.807) is 0 Å². The molecule has 0 heterocycles. The van der Waals surface area contributed by atoms with Crippen LogP contribution in [0.3, 0.4) is 0 Å². The van der Waals surface area contributed by atoms with E-state index in [2.05, 4.69) is 76.9 Å². The molecule has 0 N–H and O–H groups in total. The summed E-state index contributed by atoms with van der Waals surface area (Å²) in [6.07, 6.45) is 3.55. The van der Waals surface area contributed by atoms with E-state index in [1.165, 1.54) is 12.5 Å². The average molecular weight is 656 g/mol. The van der Waals surface area contributed by atoms with Crippen molar-refractivity contribution < 1.29 is 18.9 Å². The van der Waals surface area contributed by atoms with Gasteiger partial charge in [0.25, 0.3) is 0 Å². The molecule has 29 heavy (non-hydrogen) atoms. The van der Waals surface area contributed by atoms with E-state index in [9.17, 15) is 0 Å². The van der Waals surface area contributed by atoms with Gasteiger partial charge in [-0.05, 0) is 106 Å². The molecule has 0 bridgehead atoms. The van der Waals surface area contributed by atoms with Gasteiger partial charge in [0.15, 0.2) is 0 Å². The van der Waals surface area contributed by atoms with Crippen molar-refractivity contribution in [1.29, 1.82) is 0 Å². The van der Waals surface area contributed by atoms with Crippen LogP contribution in [0, 0.1) is 0 Å². The van der Waals surface area contributed by atoms with E-state index in [0.29, 0.717) is 26.4 Å². The van der Waals surface area contributed by atoms with Crippen molar-refractivity contribution in [3.63, 3.8) is 0 Å². The molecule has 2 aromatic rings. The fourth-order valence-corrected chi connectivity index (χ4v) is 5.51. The number of benzene rings is 2. The summed E-state index contributed by atoms with van der Waals surface area (Å²) in [6, 6.07) is 8.20. The van der Waals surface area contributed by atoms with Crippen LogP contribution in [0.25, 0.3) is 0 Å². The highest BCUT2D eigenvalue weighted by molar-refractivity contribution is 9.11. The van der Waals surface area contributed by atoms with Crippen LogP contribution in [0.1, 0.15) is 11.1 Å². The predicted molar refractivity (Wildman–Crippen MR) is 130 cm³/mol. The van der Waals surface area contributed by atoms with Gasteiger partial charge in [-0.1, -0.05) is 13.2 Å². The molecular weight excluding hydrogens is 636 g/mol. The van der Waals surface area contributed by atoms with Gasteiger partial charge in [0.1, 0.15) is 37.9 Å². The van der Waals surface area contributed by atoms with E-state index in [0.717, 1.165) is 46.9 Å². The fraction of sp³-hybridized carbons (Fsp3) is 0.238. The maximum atomic E-state index is 5.77. The second-order valence-corrected chi connectivity index (χ2v) is 9.14. The van der Waals surface area contributed by atoms with Gasteiger partial charge in [-0.2, -0.15) is 0 Å². The Morgan fingerprint density at radius 2 is 0.966 bits per heavy atom. The normalized spacial score (nSPS) is 10.3. The molecule has 2 aromatic carbocycles. The smallest absolute Gasteiger partial charge is 0.147 e. The lowest BCUT2D eigenvalue weighted by Crippen LogP contribution is -2.05. The molecule has 4 nitrogen and oxygen atoms in total. The molecule has 0 spiro atoms. The topological polar surface area (TPSA) is 36.9 Å². The number of hydrogen-bond donors (Lipinski definition) is 0. The molecule has 0 aromatic heterocycles. The zero-order valence-electron chi connectivity index (χ0n) is 15.6. The van der Waals surface area contributed by atoms with E-state index >= 15 is 0 Å². The third-order valence-corrected chi connectivity index (χ3v) is 6.01. The van der Waals surface area contributed by atoms with Crippen molar-refractivity contribution in [2.45, 2.75) is 6.42 Å². The molecule has 0 atom stereocenters. The summed E-state index contributed by atoms with van der Waals surface area (Å²) in [6.45, 7) is 8.78. The molecule has 0 amide bonds. The fourth-order valence-electron chi connectivity index (χ4n) is 2.49. The Kier molecular flexibility index (Phi) is 10.6. The molecule has 8 heteroatoms. The summed E-state index contributed by atoms with van der Waals surface area (Å²) in [4.78, 5) is 0. The van der Waals surface area contributed by atoms with Gasteiger partial charge in [0.05, 0.1) is 30.4 Å². The minimum absolute atomic E-state index is 0.432. The highest BCUT2D eigenvalue weighted by Gasteiger charge is 2.13. The maximum absolute atomic E-state index is 5.77. The first kappa shape index (κ1) is 24.3. The van der Waals surface area contributed by atoms with Crippen LogP contribution in [0.2, 0.25) is 0 Å². The Bertz CT molecular complexity index is 739. The SMILES string of the molecule is C=COCCOc1c(Br)cc(Cc2cc(Br)c(OCCOC=C)c(Br)c2)cc1Br. The van der Waals surface area contributed by atoms with Gasteiger partial charge in [-0.3, -0.25) is 0 Å². The highest BCUT2D eigenvalue weighted by atomic mass is 79.9. The van der Waals surface area contributed by atoms with Crippen LogP contribution in [0.15, 0.2) is 67.8 Å². The summed E-state index contributed by atoms with van der Waals surface area (Å²) >= 11 is 14.4. The van der Waals surface area contributed by atoms with Crippen LogP contribution in [0.5, 0.6) is 11.5 Å². The zero-order valence-corrected chi connectivity index (χ0v) is 21.9. The van der Waals surface area contributed by atoms with Crippen LogP contribution in [-0.4, -0.2) is 26.4 Å². The molecule has 0 radical (unpaired) electrons. The van der Waals surface area contributed by atoms with Crippen molar-refractivity contribution in [1.82, 2.24) is 0 Å². The Morgan fingerprint density at radius 1 is 0.621 bits per heavy atom. The van der Waals surface area contributed by atoms with Crippen LogP contribution >= 0.6 is 63.7 Å². The van der Waals surface area contributed by atoms with Gasteiger partial charge in [0, 0.05) is 0 Å². The lowest BCUT2D eigenvalue weighted by atomic mass is 10.0. The van der Waals surface area contributed by atoms with Crippen LogP contribution in [-0.2, 0) is 15.9 Å². The Balaban J connectivity index is 2.09. The third kappa shape index (κ3) is 7.66. The lowest BCUT2D eigenvalue weighted by molar-refractivity contribution is 0.178. The minimum Gasteiger partial charge on any atom is -0.498 e. The molecule has 0 saturated carbocycles. The number of rotatable bonds is 12. The quantitative estimate of drug-likeness (QED) is 0.176. The number of hydrogen-bond acceptors (Lipinski definition) is 4. The predicted octanol–water partition coefficient (Wildman–Crippen LogP) is 7.41. The molecule has 156 valence electrons. The monoisotopic (exact) mass is 652 g/mol. The van der Waals surface area contributed by atoms with Crippen molar-refractivity contribution >= 4 is 63.7 Å². The van der Waals surface area contributed by atoms with Gasteiger partial charge in [-0.15, -0.1) is 0 Å². The van der Waals surface area contributed by atoms with Crippen LogP contribution in [0.4, 0.5) is 0 Å². The molecular formula is C21H20Br4O4. The first-order valence-electron chi connectivity index (χ1n) is 8.62. The molecule has 0 aliphatic heterocycles. The van der Waals surface area contributed by atoms with E-state index in [1.807, 2.05) is 24.3 Å². The van der Waals surface area contributed by atoms with Crippen LogP contribution < -0.4 is 9.47 Å². The van der Waals surface area contributed by atoms with Crippen molar-refractivity contribution in [2.24, 2.45) is 0 Å². The summed E-state index contributed by atoms with van der Waals surface area (Å²) < 4.78 is 25.2. The van der Waals surface area contributed by atoms with Crippen molar-refractivity contribution in [3.8, 4) is 11.5 Å². The largest absolute Gasteiger partial charge is 0.498 e. The summed E-state index contributed by atoms with van der Waals surface area (Å²) in [7, 11) is 0. The van der Waals surface area contributed by atoms with Gasteiger partial charge >= 0.3 is 0 Å². The van der Waals surface area contributed by atoms with E-state index < -0.39 is 0 Å². The van der Waals surface area contributed by atoms with Crippen molar-refractivity contribution in [3.05, 3.63) is 79.0 Å². The second kappa shape index (κ2) is 12.7. The minimum atomic E-state index is 0.432. The van der Waals surface area contributed by atoms with Gasteiger partial charge in [0.2, 0.25) is 0 Å². The molecule has 0 aliphatic carbocycles. The summed E-state index contributed by atoms with van der Waals surface area (Å²) in [5.41, 5.74) is 2.26. The molecule has 2 rings (SSSR count). The third-order valence-electron chi connectivity index (χ3n) is 3.66. The Morgan fingerprint density at radius 3 is 1.28 bits per heavy atom. The molecule has 0 saturated heterocycles. The molecule has 0 aliphatic rings. The van der Waals surface area contributed by atoms with Crippen molar-refractivity contribution in [2.75, 3.05) is 26.4 Å². The van der Waals surface area contributed by atoms with E-state index in [-0.39, 0.29) is 0 Å². The van der Waals surface area contributed by atoms with E-state index in [4.69, 9.17) is 18.9 Å². The highest BCUT2D eigenvalue weighted by Crippen LogP contribution is 2.38. The molecule has 0 fully saturated rings. The van der Waals surface area contributed by atoms with Gasteiger partial charge < -0.3 is 18.9 Å². The number of ether oxygens (including phenoxy) is 4. The second-order valence-electron chi connectivity index (χ2n) is 5.73. The lowest BCUT2D eigenvalue weighted by Gasteiger charge is -2.14. The Labute approximate surface area is 204 Å². The first-order valence-corrected chi connectivity index (χ1v) is 11.8.